The lowest BCUT2D eigenvalue weighted by Gasteiger charge is -2.16. The van der Waals surface area contributed by atoms with Gasteiger partial charge in [0, 0.05) is 10.5 Å². The molecule has 21 heavy (non-hydrogen) atoms. The Bertz CT molecular complexity index is 644. The second kappa shape index (κ2) is 6.58. The summed E-state index contributed by atoms with van der Waals surface area (Å²) >= 11 is 3.38. The molecular weight excluding hydrogens is 336 g/mol. The Hall–Kier alpha value is -2.08. The summed E-state index contributed by atoms with van der Waals surface area (Å²) in [4.78, 5) is 10.8. The number of halogens is 1. The maximum atomic E-state index is 11.2. The zero-order valence-corrected chi connectivity index (χ0v) is 13.3. The first-order chi connectivity index (χ1) is 10.0. The van der Waals surface area contributed by atoms with Gasteiger partial charge in [-0.3, -0.25) is 10.1 Å². The summed E-state index contributed by atoms with van der Waals surface area (Å²) in [5.41, 5.74) is 1.43. The Balaban J connectivity index is 2.30. The summed E-state index contributed by atoms with van der Waals surface area (Å²) in [6.45, 7) is 1.95. The second-order valence-corrected chi connectivity index (χ2v) is 5.45. The fourth-order valence-electron chi connectivity index (χ4n) is 2.06. The standard InChI is InChI=1S/C15H15BrN2O3/c1-10(11-6-8-12(16)9-7-11)17-13-4-3-5-14(21-2)15(13)18(19)20/h3-10,17H,1-2H3. The number of nitrogens with zero attached hydrogens (tertiary/aromatic N) is 1. The minimum Gasteiger partial charge on any atom is -0.490 e. The molecule has 110 valence electrons. The van der Waals surface area contributed by atoms with Crippen LogP contribution in [0, 0.1) is 10.1 Å². The van der Waals surface area contributed by atoms with Crippen molar-refractivity contribution in [3.63, 3.8) is 0 Å². The third-order valence-electron chi connectivity index (χ3n) is 3.14. The summed E-state index contributed by atoms with van der Waals surface area (Å²) in [6.07, 6.45) is 0. The molecule has 1 N–H and O–H groups in total. The highest BCUT2D eigenvalue weighted by atomic mass is 79.9. The van der Waals surface area contributed by atoms with E-state index in [0.717, 1.165) is 10.0 Å². The molecule has 0 aliphatic heterocycles. The predicted octanol–water partition coefficient (Wildman–Crippen LogP) is 4.54. The molecule has 0 bridgehead atoms. The van der Waals surface area contributed by atoms with Crippen LogP contribution in [0.5, 0.6) is 5.75 Å². The molecule has 2 aromatic rings. The molecular formula is C15H15BrN2O3. The van der Waals surface area contributed by atoms with Crippen molar-refractivity contribution in [2.75, 3.05) is 12.4 Å². The van der Waals surface area contributed by atoms with Gasteiger partial charge in [-0.15, -0.1) is 0 Å². The lowest BCUT2D eigenvalue weighted by Crippen LogP contribution is -2.08. The highest BCUT2D eigenvalue weighted by Gasteiger charge is 2.21. The van der Waals surface area contributed by atoms with Gasteiger partial charge in [0.2, 0.25) is 0 Å². The van der Waals surface area contributed by atoms with Crippen molar-refractivity contribution < 1.29 is 9.66 Å². The molecule has 6 heteroatoms. The number of nitro groups is 1. The number of hydrogen-bond acceptors (Lipinski definition) is 4. The van der Waals surface area contributed by atoms with Crippen molar-refractivity contribution in [3.8, 4) is 5.75 Å². The first kappa shape index (κ1) is 15.3. The average molecular weight is 351 g/mol. The van der Waals surface area contributed by atoms with Crippen LogP contribution in [0.4, 0.5) is 11.4 Å². The van der Waals surface area contributed by atoms with Gasteiger partial charge in [-0.25, -0.2) is 0 Å². The Morgan fingerprint density at radius 2 is 1.90 bits per heavy atom. The first-order valence-corrected chi connectivity index (χ1v) is 7.15. The van der Waals surface area contributed by atoms with Gasteiger partial charge < -0.3 is 10.1 Å². The lowest BCUT2D eigenvalue weighted by molar-refractivity contribution is -0.384. The molecule has 0 saturated heterocycles. The van der Waals surface area contributed by atoms with Crippen molar-refractivity contribution in [3.05, 3.63) is 62.6 Å². The number of nitrogens with one attached hydrogen (secondary N) is 1. The number of anilines is 1. The Labute approximate surface area is 131 Å². The van der Waals surface area contributed by atoms with Crippen LogP contribution >= 0.6 is 15.9 Å². The normalized spacial score (nSPS) is 11.8. The van der Waals surface area contributed by atoms with E-state index in [0.29, 0.717) is 5.69 Å². The molecule has 2 aromatic carbocycles. The van der Waals surface area contributed by atoms with E-state index in [2.05, 4.69) is 21.2 Å². The Kier molecular flexibility index (Phi) is 4.80. The molecule has 5 nitrogen and oxygen atoms in total. The molecule has 0 spiro atoms. The van der Waals surface area contributed by atoms with E-state index in [-0.39, 0.29) is 17.5 Å². The van der Waals surface area contributed by atoms with Gasteiger partial charge in [-0.1, -0.05) is 34.1 Å². The van der Waals surface area contributed by atoms with E-state index in [9.17, 15) is 10.1 Å². The van der Waals surface area contributed by atoms with E-state index in [1.54, 1.807) is 18.2 Å². The van der Waals surface area contributed by atoms with Gasteiger partial charge in [-0.05, 0) is 36.8 Å². The van der Waals surface area contributed by atoms with Crippen LogP contribution in [0.15, 0.2) is 46.9 Å². The van der Waals surface area contributed by atoms with Crippen LogP contribution < -0.4 is 10.1 Å². The van der Waals surface area contributed by atoms with E-state index in [1.165, 1.54) is 7.11 Å². The fraction of sp³-hybridized carbons (Fsp3) is 0.200. The molecule has 0 aliphatic carbocycles. The molecule has 1 unspecified atom stereocenters. The van der Waals surface area contributed by atoms with Crippen LogP contribution in [0.2, 0.25) is 0 Å². The number of para-hydroxylation sites is 1. The molecule has 0 radical (unpaired) electrons. The van der Waals surface area contributed by atoms with E-state index in [4.69, 9.17) is 4.74 Å². The number of methoxy groups -OCH3 is 1. The zero-order chi connectivity index (χ0) is 15.4. The number of benzene rings is 2. The number of rotatable bonds is 5. The molecule has 0 fully saturated rings. The van der Waals surface area contributed by atoms with Gasteiger partial charge in [-0.2, -0.15) is 0 Å². The fourth-order valence-corrected chi connectivity index (χ4v) is 2.32. The Morgan fingerprint density at radius 3 is 2.48 bits per heavy atom. The maximum absolute atomic E-state index is 11.2. The monoisotopic (exact) mass is 350 g/mol. The van der Waals surface area contributed by atoms with Crippen LogP contribution in [0.3, 0.4) is 0 Å². The molecule has 0 aliphatic rings. The van der Waals surface area contributed by atoms with Gasteiger partial charge in [0.15, 0.2) is 5.75 Å². The molecule has 1 atom stereocenters. The molecule has 0 amide bonds. The zero-order valence-electron chi connectivity index (χ0n) is 11.7. The summed E-state index contributed by atoms with van der Waals surface area (Å²) in [7, 11) is 1.42. The summed E-state index contributed by atoms with van der Waals surface area (Å²) in [5, 5.41) is 14.4. The predicted molar refractivity (Wildman–Crippen MR) is 85.8 cm³/mol. The molecule has 2 rings (SSSR count). The topological polar surface area (TPSA) is 64.4 Å². The van der Waals surface area contributed by atoms with Gasteiger partial charge in [0.05, 0.1) is 12.0 Å². The van der Waals surface area contributed by atoms with Crippen molar-refractivity contribution >= 4 is 27.3 Å². The summed E-state index contributed by atoms with van der Waals surface area (Å²) in [5.74, 6) is 0.244. The second-order valence-electron chi connectivity index (χ2n) is 4.53. The van der Waals surface area contributed by atoms with Crippen molar-refractivity contribution in [2.24, 2.45) is 0 Å². The number of ether oxygens (including phenoxy) is 1. The summed E-state index contributed by atoms with van der Waals surface area (Å²) in [6, 6.07) is 12.7. The van der Waals surface area contributed by atoms with Crippen LogP contribution in [-0.4, -0.2) is 12.0 Å². The minimum atomic E-state index is -0.435. The first-order valence-electron chi connectivity index (χ1n) is 6.36. The van der Waals surface area contributed by atoms with Gasteiger partial charge in [0.25, 0.3) is 0 Å². The largest absolute Gasteiger partial charge is 0.490 e. The minimum absolute atomic E-state index is 0.0519. The van der Waals surface area contributed by atoms with Gasteiger partial charge in [0.1, 0.15) is 5.69 Å². The van der Waals surface area contributed by atoms with E-state index < -0.39 is 4.92 Å². The van der Waals surface area contributed by atoms with Crippen LogP contribution in [0.1, 0.15) is 18.5 Å². The molecule has 0 saturated carbocycles. The highest BCUT2D eigenvalue weighted by molar-refractivity contribution is 9.10. The average Bonchev–Trinajstić information content (AvgIpc) is 2.47. The van der Waals surface area contributed by atoms with Crippen molar-refractivity contribution in [1.82, 2.24) is 0 Å². The third kappa shape index (κ3) is 3.52. The SMILES string of the molecule is COc1cccc(NC(C)c2ccc(Br)cc2)c1[N+](=O)[O-]. The van der Waals surface area contributed by atoms with E-state index in [1.807, 2.05) is 31.2 Å². The van der Waals surface area contributed by atoms with E-state index >= 15 is 0 Å². The maximum Gasteiger partial charge on any atom is 0.333 e. The smallest absolute Gasteiger partial charge is 0.333 e. The third-order valence-corrected chi connectivity index (χ3v) is 3.67. The van der Waals surface area contributed by atoms with Crippen LogP contribution in [0.25, 0.3) is 0 Å². The van der Waals surface area contributed by atoms with Crippen molar-refractivity contribution in [1.29, 1.82) is 0 Å². The summed E-state index contributed by atoms with van der Waals surface area (Å²) < 4.78 is 6.05. The molecule has 0 heterocycles. The van der Waals surface area contributed by atoms with Crippen molar-refractivity contribution in [2.45, 2.75) is 13.0 Å². The highest BCUT2D eigenvalue weighted by Crippen LogP contribution is 2.36. The van der Waals surface area contributed by atoms with Gasteiger partial charge >= 0.3 is 5.69 Å². The number of hydrogen-bond donors (Lipinski definition) is 1. The molecule has 0 aromatic heterocycles. The number of nitro benzene ring substituents is 1. The quantitative estimate of drug-likeness (QED) is 0.635. The Morgan fingerprint density at radius 1 is 1.24 bits per heavy atom. The lowest BCUT2D eigenvalue weighted by atomic mass is 10.1. The van der Waals surface area contributed by atoms with Crippen LogP contribution in [-0.2, 0) is 0 Å².